The highest BCUT2D eigenvalue weighted by molar-refractivity contribution is 6.07. The summed E-state index contributed by atoms with van der Waals surface area (Å²) in [5.74, 6) is -0.564. The Hall–Kier alpha value is -3.27. The minimum Gasteiger partial charge on any atom is -0.352 e. The summed E-state index contributed by atoms with van der Waals surface area (Å²) in [5.41, 5.74) is 2.77. The molecule has 28 heavy (non-hydrogen) atoms. The molecule has 3 aromatic rings. The average molecular weight is 370 g/mol. The number of nitrogens with one attached hydrogen (secondary N) is 1. The fourth-order valence-corrected chi connectivity index (χ4v) is 3.71. The molecule has 0 saturated carbocycles. The van der Waals surface area contributed by atoms with Gasteiger partial charge in [0.05, 0.1) is 11.3 Å². The topological polar surface area (TPSA) is 58.5 Å². The lowest BCUT2D eigenvalue weighted by atomic mass is 9.97. The van der Waals surface area contributed by atoms with E-state index in [1.54, 1.807) is 0 Å². The van der Waals surface area contributed by atoms with Crippen molar-refractivity contribution in [3.05, 3.63) is 81.9 Å². The van der Waals surface area contributed by atoms with Gasteiger partial charge in [0.15, 0.2) is 0 Å². The van der Waals surface area contributed by atoms with Gasteiger partial charge in [0.25, 0.3) is 11.8 Å². The number of fused-ring (bicyclic) bond motifs is 2. The number of aryl methyl sites for hydroxylation is 2. The molecule has 3 aromatic carbocycles. The third kappa shape index (κ3) is 3.33. The third-order valence-corrected chi connectivity index (χ3v) is 5.32. The predicted molar refractivity (Wildman–Crippen MR) is 111 cm³/mol. The molecule has 0 saturated heterocycles. The van der Waals surface area contributed by atoms with E-state index < -0.39 is 0 Å². The maximum Gasteiger partial charge on any atom is 0.253 e. The zero-order chi connectivity index (χ0) is 19.7. The third-order valence-electron chi connectivity index (χ3n) is 5.32. The van der Waals surface area contributed by atoms with Gasteiger partial charge in [-0.15, -0.1) is 0 Å². The van der Waals surface area contributed by atoms with Crippen LogP contribution in [0, 0.1) is 19.8 Å². The first kappa shape index (κ1) is 18.1. The molecule has 2 amide bonds. The molecule has 4 heteroatoms. The van der Waals surface area contributed by atoms with Crippen molar-refractivity contribution in [1.82, 2.24) is 5.32 Å². The van der Waals surface area contributed by atoms with Crippen LogP contribution in [0.25, 0.3) is 16.8 Å². The molecule has 4 nitrogen and oxygen atoms in total. The van der Waals surface area contributed by atoms with Crippen LogP contribution in [0.15, 0.2) is 59.6 Å². The summed E-state index contributed by atoms with van der Waals surface area (Å²) in [6.07, 6.45) is 2.53. The van der Waals surface area contributed by atoms with Crippen molar-refractivity contribution in [2.24, 2.45) is 10.9 Å². The zero-order valence-corrected chi connectivity index (χ0v) is 16.0. The first-order chi connectivity index (χ1) is 13.5. The van der Waals surface area contributed by atoms with Gasteiger partial charge in [-0.1, -0.05) is 54.6 Å². The molecule has 0 spiro atoms. The van der Waals surface area contributed by atoms with Crippen molar-refractivity contribution < 1.29 is 9.59 Å². The smallest absolute Gasteiger partial charge is 0.253 e. The van der Waals surface area contributed by atoms with Gasteiger partial charge in [0.1, 0.15) is 0 Å². The average Bonchev–Trinajstić information content (AvgIpc) is 2.71. The van der Waals surface area contributed by atoms with Gasteiger partial charge in [-0.05, 0) is 48.2 Å². The van der Waals surface area contributed by atoms with Crippen LogP contribution in [0.3, 0.4) is 0 Å². The number of nitrogens with zero attached hydrogens (tertiary/aromatic N) is 1. The number of carbonyl (C=O) groups excluding carboxylic acids is 2. The molecular formula is C24H22N2O2. The molecule has 0 radical (unpaired) electrons. The Morgan fingerprint density at radius 3 is 2.61 bits per heavy atom. The molecule has 0 bridgehead atoms. The monoisotopic (exact) mass is 370 g/mol. The number of amides is 2. The van der Waals surface area contributed by atoms with Crippen LogP contribution in [-0.2, 0) is 4.79 Å². The van der Waals surface area contributed by atoms with Crippen molar-refractivity contribution in [3.63, 3.8) is 0 Å². The van der Waals surface area contributed by atoms with E-state index >= 15 is 0 Å². The fraction of sp³-hybridized carbons (Fsp3) is 0.208. The lowest BCUT2D eigenvalue weighted by Crippen LogP contribution is -2.38. The number of rotatable bonds is 4. The van der Waals surface area contributed by atoms with Crippen LogP contribution in [0.4, 0.5) is 0 Å². The highest BCUT2D eigenvalue weighted by Crippen LogP contribution is 2.18. The summed E-state index contributed by atoms with van der Waals surface area (Å²) in [5, 5.41) is 6.73. The van der Waals surface area contributed by atoms with Gasteiger partial charge >= 0.3 is 0 Å². The number of carbonyl (C=O) groups is 2. The van der Waals surface area contributed by atoms with Crippen LogP contribution in [0.1, 0.15) is 27.9 Å². The molecule has 1 N–H and O–H groups in total. The summed E-state index contributed by atoms with van der Waals surface area (Å²) in [4.78, 5) is 29.4. The summed E-state index contributed by atoms with van der Waals surface area (Å²) >= 11 is 0. The lowest BCUT2D eigenvalue weighted by Gasteiger charge is -2.15. The molecule has 4 rings (SSSR count). The van der Waals surface area contributed by atoms with Crippen LogP contribution in [0.2, 0.25) is 0 Å². The summed E-state index contributed by atoms with van der Waals surface area (Å²) in [6, 6.07) is 17.6. The molecule has 1 unspecified atom stereocenters. The molecule has 0 aliphatic carbocycles. The summed E-state index contributed by atoms with van der Waals surface area (Å²) in [6.45, 7) is 4.41. The number of benzene rings is 3. The lowest BCUT2D eigenvalue weighted by molar-refractivity contribution is -0.120. The van der Waals surface area contributed by atoms with E-state index in [9.17, 15) is 9.59 Å². The molecule has 140 valence electrons. The highest BCUT2D eigenvalue weighted by Gasteiger charge is 2.20. The Labute approximate surface area is 163 Å². The van der Waals surface area contributed by atoms with Gasteiger partial charge < -0.3 is 5.32 Å². The largest absolute Gasteiger partial charge is 0.352 e. The van der Waals surface area contributed by atoms with E-state index in [0.29, 0.717) is 18.5 Å². The zero-order valence-electron chi connectivity index (χ0n) is 16.0. The van der Waals surface area contributed by atoms with E-state index in [1.807, 2.05) is 68.5 Å². The van der Waals surface area contributed by atoms with Gasteiger partial charge in [-0.25, -0.2) is 4.99 Å². The molecule has 1 aliphatic rings. The number of hydrogen-bond acceptors (Lipinski definition) is 2. The molecule has 1 aliphatic heterocycles. The predicted octanol–water partition coefficient (Wildman–Crippen LogP) is 2.83. The maximum atomic E-state index is 12.6. The summed E-state index contributed by atoms with van der Waals surface area (Å²) in [7, 11) is 0. The van der Waals surface area contributed by atoms with Crippen molar-refractivity contribution in [3.8, 4) is 0 Å². The van der Waals surface area contributed by atoms with E-state index in [-0.39, 0.29) is 17.7 Å². The van der Waals surface area contributed by atoms with E-state index in [4.69, 9.17) is 0 Å². The molecule has 1 heterocycles. The standard InChI is InChI=1S/C24H22N2O2/c1-15-10-11-16(2)22-21(15)14-18(23(27)26-22)12-13-25-24(28)20-9-5-7-17-6-3-4-8-19(17)20/h3-11,14,18H,12-13H2,1-2H3,(H,25,28). The second kappa shape index (κ2) is 7.39. The first-order valence-electron chi connectivity index (χ1n) is 9.51. The first-order valence-corrected chi connectivity index (χ1v) is 9.51. The Morgan fingerprint density at radius 1 is 1.00 bits per heavy atom. The minimum atomic E-state index is -0.305. The van der Waals surface area contributed by atoms with Gasteiger partial charge in [0.2, 0.25) is 0 Å². The quantitative estimate of drug-likeness (QED) is 0.768. The highest BCUT2D eigenvalue weighted by atomic mass is 16.2. The van der Waals surface area contributed by atoms with Crippen molar-refractivity contribution in [2.75, 3.05) is 6.54 Å². The Balaban J connectivity index is 1.49. The van der Waals surface area contributed by atoms with E-state index in [0.717, 1.165) is 32.5 Å². The Bertz CT molecular complexity index is 1210. The van der Waals surface area contributed by atoms with Gasteiger partial charge in [-0.3, -0.25) is 9.59 Å². The Morgan fingerprint density at radius 2 is 1.75 bits per heavy atom. The fourth-order valence-electron chi connectivity index (χ4n) is 3.71. The van der Waals surface area contributed by atoms with Crippen molar-refractivity contribution in [2.45, 2.75) is 20.3 Å². The van der Waals surface area contributed by atoms with Gasteiger partial charge in [-0.2, -0.15) is 0 Å². The Kier molecular flexibility index (Phi) is 4.78. The minimum absolute atomic E-state index is 0.121. The second-order valence-corrected chi connectivity index (χ2v) is 7.26. The van der Waals surface area contributed by atoms with E-state index in [2.05, 4.69) is 16.4 Å². The number of hydrogen-bond donors (Lipinski definition) is 1. The van der Waals surface area contributed by atoms with E-state index in [1.165, 1.54) is 0 Å². The van der Waals surface area contributed by atoms with Crippen LogP contribution >= 0.6 is 0 Å². The SMILES string of the molecule is Cc1ccc(C)c2c1=CC(CCNC(=O)c1cccc3ccccc13)C(=O)N=2. The van der Waals surface area contributed by atoms with Gasteiger partial charge in [0, 0.05) is 17.3 Å². The molecule has 1 atom stereocenters. The normalized spacial score (nSPS) is 15.5. The maximum absolute atomic E-state index is 12.6. The molecule has 0 fully saturated rings. The van der Waals surface area contributed by atoms with Crippen molar-refractivity contribution >= 4 is 28.7 Å². The van der Waals surface area contributed by atoms with Crippen LogP contribution in [-0.4, -0.2) is 18.4 Å². The van der Waals surface area contributed by atoms with Crippen LogP contribution in [0.5, 0.6) is 0 Å². The van der Waals surface area contributed by atoms with Crippen LogP contribution < -0.4 is 15.9 Å². The second-order valence-electron chi connectivity index (χ2n) is 7.26. The summed E-state index contributed by atoms with van der Waals surface area (Å²) < 4.78 is 0. The molecule has 0 aromatic heterocycles. The molecular weight excluding hydrogens is 348 g/mol. The van der Waals surface area contributed by atoms with Crippen molar-refractivity contribution in [1.29, 1.82) is 0 Å².